The highest BCUT2D eigenvalue weighted by molar-refractivity contribution is 6.23. The molecule has 8 heteroatoms. The molecule has 2 aliphatic rings. The molecule has 3 heterocycles. The number of rotatable bonds is 6. The number of ether oxygens (including phenoxy) is 1. The highest BCUT2D eigenvalue weighted by atomic mass is 16.5. The summed E-state index contributed by atoms with van der Waals surface area (Å²) < 4.78 is 5.21. The number of carbonyl (C=O) groups is 2. The maximum atomic E-state index is 13.6. The Morgan fingerprint density at radius 3 is 2.50 bits per heavy atom. The topological polar surface area (TPSA) is 86.8 Å². The lowest BCUT2D eigenvalue weighted by atomic mass is 9.87. The van der Waals surface area contributed by atoms with Crippen LogP contribution in [0.2, 0.25) is 0 Å². The lowest BCUT2D eigenvalue weighted by Crippen LogP contribution is -2.43. The Balaban J connectivity index is 1.37. The number of amides is 3. The highest BCUT2D eigenvalue weighted by Crippen LogP contribution is 2.40. The number of carbonyl (C=O) groups excluding carboxylic acids is 2. The van der Waals surface area contributed by atoms with Gasteiger partial charge in [-0.25, -0.2) is 14.7 Å². The Morgan fingerprint density at radius 2 is 1.78 bits per heavy atom. The summed E-state index contributed by atoms with van der Waals surface area (Å²) in [5.74, 6) is 1.18. The predicted octanol–water partition coefficient (Wildman–Crippen LogP) is 5.28. The van der Waals surface area contributed by atoms with Gasteiger partial charge in [-0.05, 0) is 73.5 Å². The molecule has 0 bridgehead atoms. The summed E-state index contributed by atoms with van der Waals surface area (Å²) in [5, 5.41) is 6.68. The zero-order valence-electron chi connectivity index (χ0n) is 21.3. The van der Waals surface area contributed by atoms with Gasteiger partial charge in [-0.1, -0.05) is 19.9 Å². The van der Waals surface area contributed by atoms with Crippen LogP contribution in [-0.2, 0) is 16.8 Å². The van der Waals surface area contributed by atoms with E-state index in [1.165, 1.54) is 10.5 Å². The minimum absolute atomic E-state index is 0.0110. The Labute approximate surface area is 211 Å². The summed E-state index contributed by atoms with van der Waals surface area (Å²) in [6.07, 6.45) is 1.70. The third-order valence-corrected chi connectivity index (χ3v) is 7.06. The molecule has 1 saturated heterocycles. The second-order valence-electron chi connectivity index (χ2n) is 10.4. The van der Waals surface area contributed by atoms with Gasteiger partial charge >= 0.3 is 6.03 Å². The van der Waals surface area contributed by atoms with E-state index in [0.717, 1.165) is 29.2 Å². The molecule has 5 rings (SSSR count). The number of nitrogens with zero attached hydrogens (tertiary/aromatic N) is 3. The average Bonchev–Trinajstić information content (AvgIpc) is 3.24. The number of anilines is 4. The lowest BCUT2D eigenvalue weighted by Gasteiger charge is -2.27. The number of fused-ring (bicyclic) bond motifs is 1. The number of benzene rings is 2. The van der Waals surface area contributed by atoms with Gasteiger partial charge in [0.05, 0.1) is 12.8 Å². The standard InChI is InChI=1S/C28H31N5O3/c1-27(2)17-30-23-15-20(8-11-22(23)27)33-25(34)28(3,4)32(26(33)35)16-18-12-13-29-24(14-18)31-19-6-9-21(36-5)10-7-19/h6-15,30H,16-17H2,1-5H3,(H,29,31). The molecule has 3 aromatic rings. The van der Waals surface area contributed by atoms with Crippen molar-refractivity contribution in [2.24, 2.45) is 0 Å². The van der Waals surface area contributed by atoms with Crippen LogP contribution in [0.3, 0.4) is 0 Å². The summed E-state index contributed by atoms with van der Waals surface area (Å²) in [5.41, 5.74) is 3.50. The molecule has 0 aliphatic carbocycles. The van der Waals surface area contributed by atoms with Crippen LogP contribution in [0.4, 0.5) is 27.7 Å². The van der Waals surface area contributed by atoms with Gasteiger partial charge in [0, 0.05) is 36.1 Å². The van der Waals surface area contributed by atoms with Gasteiger partial charge in [0.1, 0.15) is 17.1 Å². The maximum Gasteiger partial charge on any atom is 0.332 e. The first-order valence-corrected chi connectivity index (χ1v) is 12.0. The summed E-state index contributed by atoms with van der Waals surface area (Å²) in [4.78, 5) is 34.3. The summed E-state index contributed by atoms with van der Waals surface area (Å²) >= 11 is 0. The van der Waals surface area contributed by atoms with Crippen LogP contribution in [0.15, 0.2) is 60.8 Å². The number of urea groups is 1. The van der Waals surface area contributed by atoms with Crippen LogP contribution in [-0.4, -0.2) is 41.0 Å². The molecule has 2 aromatic carbocycles. The molecular weight excluding hydrogens is 454 g/mol. The Kier molecular flexibility index (Phi) is 5.62. The first-order valence-electron chi connectivity index (χ1n) is 12.0. The molecule has 0 unspecified atom stereocenters. The van der Waals surface area contributed by atoms with E-state index in [9.17, 15) is 9.59 Å². The Bertz CT molecular complexity index is 1330. The van der Waals surface area contributed by atoms with Crippen LogP contribution >= 0.6 is 0 Å². The van der Waals surface area contributed by atoms with E-state index in [0.29, 0.717) is 11.5 Å². The van der Waals surface area contributed by atoms with Crippen molar-refractivity contribution >= 4 is 34.8 Å². The number of imide groups is 1. The van der Waals surface area contributed by atoms with Crippen molar-refractivity contribution in [3.8, 4) is 5.75 Å². The van der Waals surface area contributed by atoms with Crippen LogP contribution in [0, 0.1) is 0 Å². The molecule has 0 atom stereocenters. The van der Waals surface area contributed by atoms with Crippen molar-refractivity contribution in [3.63, 3.8) is 0 Å². The zero-order valence-corrected chi connectivity index (χ0v) is 21.3. The molecule has 2 N–H and O–H groups in total. The summed E-state index contributed by atoms with van der Waals surface area (Å²) in [6.45, 7) is 9.04. The molecule has 186 valence electrons. The van der Waals surface area contributed by atoms with Crippen LogP contribution in [0.1, 0.15) is 38.8 Å². The SMILES string of the molecule is COc1ccc(Nc2cc(CN3C(=O)N(c4ccc5c(c4)NCC5(C)C)C(=O)C3(C)C)ccn2)cc1. The normalized spacial score (nSPS) is 17.7. The molecule has 0 radical (unpaired) electrons. The number of pyridine rings is 1. The quantitative estimate of drug-likeness (QED) is 0.462. The van der Waals surface area contributed by atoms with E-state index in [1.54, 1.807) is 32.1 Å². The fraction of sp³-hybridized carbons (Fsp3) is 0.321. The second-order valence-corrected chi connectivity index (χ2v) is 10.4. The minimum atomic E-state index is -0.990. The van der Waals surface area contributed by atoms with E-state index >= 15 is 0 Å². The Hall–Kier alpha value is -4.07. The number of aromatic nitrogens is 1. The molecule has 8 nitrogen and oxygen atoms in total. The number of hydrogen-bond acceptors (Lipinski definition) is 6. The van der Waals surface area contributed by atoms with Crippen LogP contribution in [0.25, 0.3) is 0 Å². The third kappa shape index (κ3) is 4.02. The van der Waals surface area contributed by atoms with Gasteiger partial charge in [-0.2, -0.15) is 0 Å². The molecule has 2 aliphatic heterocycles. The van der Waals surface area contributed by atoms with Crippen molar-refractivity contribution in [2.45, 2.75) is 45.2 Å². The van der Waals surface area contributed by atoms with Gasteiger partial charge < -0.3 is 20.3 Å². The van der Waals surface area contributed by atoms with Gasteiger partial charge in [-0.3, -0.25) is 4.79 Å². The second kappa shape index (κ2) is 8.55. The highest BCUT2D eigenvalue weighted by Gasteiger charge is 2.52. The number of hydrogen-bond donors (Lipinski definition) is 2. The van der Waals surface area contributed by atoms with Gasteiger partial charge in [0.15, 0.2) is 0 Å². The molecule has 0 saturated carbocycles. The van der Waals surface area contributed by atoms with Crippen molar-refractivity contribution in [3.05, 3.63) is 71.9 Å². The monoisotopic (exact) mass is 485 g/mol. The molecule has 1 fully saturated rings. The fourth-order valence-corrected chi connectivity index (χ4v) is 4.79. The van der Waals surface area contributed by atoms with E-state index in [2.05, 4.69) is 29.5 Å². The average molecular weight is 486 g/mol. The third-order valence-electron chi connectivity index (χ3n) is 7.06. The molecule has 36 heavy (non-hydrogen) atoms. The predicted molar refractivity (Wildman–Crippen MR) is 141 cm³/mol. The van der Waals surface area contributed by atoms with E-state index in [1.807, 2.05) is 54.6 Å². The summed E-state index contributed by atoms with van der Waals surface area (Å²) in [7, 11) is 1.63. The van der Waals surface area contributed by atoms with Gasteiger partial charge in [0.2, 0.25) is 0 Å². The van der Waals surface area contributed by atoms with Crippen molar-refractivity contribution < 1.29 is 14.3 Å². The van der Waals surface area contributed by atoms with E-state index < -0.39 is 5.54 Å². The van der Waals surface area contributed by atoms with Crippen molar-refractivity contribution in [1.82, 2.24) is 9.88 Å². The first kappa shape index (κ1) is 23.7. The maximum absolute atomic E-state index is 13.6. The number of methoxy groups -OCH3 is 1. The van der Waals surface area contributed by atoms with Crippen LogP contribution in [0.5, 0.6) is 5.75 Å². The van der Waals surface area contributed by atoms with E-state index in [-0.39, 0.29) is 23.9 Å². The molecule has 0 spiro atoms. The largest absolute Gasteiger partial charge is 0.497 e. The molecule has 1 aromatic heterocycles. The molecular formula is C28H31N5O3. The number of nitrogens with one attached hydrogen (secondary N) is 2. The van der Waals surface area contributed by atoms with Crippen molar-refractivity contribution in [1.29, 1.82) is 0 Å². The van der Waals surface area contributed by atoms with E-state index in [4.69, 9.17) is 4.74 Å². The molecule has 3 amide bonds. The smallest absolute Gasteiger partial charge is 0.332 e. The van der Waals surface area contributed by atoms with Gasteiger partial charge in [0.25, 0.3) is 5.91 Å². The van der Waals surface area contributed by atoms with Crippen molar-refractivity contribution in [2.75, 3.05) is 29.2 Å². The summed E-state index contributed by atoms with van der Waals surface area (Å²) in [6, 6.07) is 16.8. The fourth-order valence-electron chi connectivity index (χ4n) is 4.79. The van der Waals surface area contributed by atoms with Gasteiger partial charge in [-0.15, -0.1) is 0 Å². The van der Waals surface area contributed by atoms with Crippen LogP contribution < -0.4 is 20.3 Å². The lowest BCUT2D eigenvalue weighted by molar-refractivity contribution is -0.123. The minimum Gasteiger partial charge on any atom is -0.497 e. The zero-order chi connectivity index (χ0) is 25.7. The first-order chi connectivity index (χ1) is 17.1. The Morgan fingerprint density at radius 1 is 1.03 bits per heavy atom.